The molecule has 0 aromatic rings. The molecule has 0 amide bonds. The van der Waals surface area contributed by atoms with Crippen LogP contribution in [-0.4, -0.2) is 17.8 Å². The van der Waals surface area contributed by atoms with Gasteiger partial charge in [0.1, 0.15) is 5.78 Å². The van der Waals surface area contributed by atoms with Crippen molar-refractivity contribution < 1.29 is 14.7 Å². The number of nitrogens with two attached hydrogens (primary N) is 1. The predicted molar refractivity (Wildman–Crippen MR) is 92.8 cm³/mol. The Morgan fingerprint density at radius 1 is 0.957 bits per heavy atom. The van der Waals surface area contributed by atoms with Crippen LogP contribution >= 0.6 is 0 Å². The fourth-order valence-electron chi connectivity index (χ4n) is 3.06. The van der Waals surface area contributed by atoms with Crippen molar-refractivity contribution in [3.05, 3.63) is 0 Å². The number of unbranched alkanes of at least 4 members (excludes halogenated alkanes) is 5. The van der Waals surface area contributed by atoms with Gasteiger partial charge in [-0.05, 0) is 32.6 Å². The number of Topliss-reactive ketones (excluding diaryl/α,β-unsaturated/α-hetero) is 1. The van der Waals surface area contributed by atoms with Crippen LogP contribution < -0.4 is 10.8 Å². The molecule has 0 fully saturated rings. The smallest absolute Gasteiger partial charge is 0.138 e. The molecule has 0 aromatic heterocycles. The molecular formula is C19H36NO3-. The molecule has 2 N–H and O–H groups in total. The normalized spacial score (nSPS) is 15.1. The third-order valence-electron chi connectivity index (χ3n) is 4.58. The monoisotopic (exact) mass is 326 g/mol. The minimum Gasteiger partial charge on any atom is -0.549 e. The Morgan fingerprint density at radius 2 is 1.48 bits per heavy atom. The summed E-state index contributed by atoms with van der Waals surface area (Å²) in [5.41, 5.74) is 5.73. The number of carbonyl (C=O) groups excluding carboxylic acids is 2. The summed E-state index contributed by atoms with van der Waals surface area (Å²) in [6.07, 6.45) is 11.7. The summed E-state index contributed by atoms with van der Waals surface area (Å²) in [6, 6.07) is 0.293. The molecule has 0 heterocycles. The zero-order valence-electron chi connectivity index (χ0n) is 15.3. The van der Waals surface area contributed by atoms with Crippen molar-refractivity contribution in [2.75, 3.05) is 0 Å². The summed E-state index contributed by atoms with van der Waals surface area (Å²) in [5, 5.41) is 11.1. The number of carbonyl (C=O) groups is 2. The Hall–Kier alpha value is -0.900. The van der Waals surface area contributed by atoms with Crippen LogP contribution in [0, 0.1) is 11.8 Å². The first-order valence-corrected chi connectivity index (χ1v) is 9.35. The molecule has 0 rings (SSSR count). The van der Waals surface area contributed by atoms with E-state index in [0.717, 1.165) is 38.5 Å². The van der Waals surface area contributed by atoms with Gasteiger partial charge in [-0.2, -0.15) is 0 Å². The molecule has 3 unspecified atom stereocenters. The van der Waals surface area contributed by atoms with E-state index in [1.807, 2.05) is 6.92 Å². The van der Waals surface area contributed by atoms with Crippen LogP contribution in [0.15, 0.2) is 0 Å². The van der Waals surface area contributed by atoms with Crippen molar-refractivity contribution in [2.24, 2.45) is 17.6 Å². The van der Waals surface area contributed by atoms with Crippen LogP contribution in [0.2, 0.25) is 0 Å². The fourth-order valence-corrected chi connectivity index (χ4v) is 3.06. The van der Waals surface area contributed by atoms with E-state index < -0.39 is 11.9 Å². The molecule has 0 saturated carbocycles. The molecule has 0 spiro atoms. The second kappa shape index (κ2) is 13.5. The van der Waals surface area contributed by atoms with Crippen molar-refractivity contribution in [1.29, 1.82) is 0 Å². The van der Waals surface area contributed by atoms with Crippen LogP contribution in [-0.2, 0) is 9.59 Å². The highest BCUT2D eigenvalue weighted by Gasteiger charge is 2.20. The van der Waals surface area contributed by atoms with Gasteiger partial charge in [0, 0.05) is 6.04 Å². The highest BCUT2D eigenvalue weighted by atomic mass is 16.4. The first kappa shape index (κ1) is 22.1. The maximum absolute atomic E-state index is 11.5. The minimum atomic E-state index is -1.21. The van der Waals surface area contributed by atoms with E-state index >= 15 is 0 Å². The molecular weight excluding hydrogens is 290 g/mol. The van der Waals surface area contributed by atoms with E-state index in [4.69, 9.17) is 5.73 Å². The molecule has 23 heavy (non-hydrogen) atoms. The first-order chi connectivity index (χ1) is 10.9. The molecule has 0 aliphatic rings. The summed E-state index contributed by atoms with van der Waals surface area (Å²) in [7, 11) is 0. The maximum Gasteiger partial charge on any atom is 0.138 e. The van der Waals surface area contributed by atoms with Gasteiger partial charge in [0.2, 0.25) is 0 Å². The average Bonchev–Trinajstić information content (AvgIpc) is 2.46. The highest BCUT2D eigenvalue weighted by molar-refractivity contribution is 5.95. The van der Waals surface area contributed by atoms with Crippen molar-refractivity contribution in [1.82, 2.24) is 0 Å². The molecule has 136 valence electrons. The molecule has 0 aliphatic carbocycles. The van der Waals surface area contributed by atoms with Gasteiger partial charge < -0.3 is 15.6 Å². The van der Waals surface area contributed by atoms with Gasteiger partial charge in [-0.15, -0.1) is 0 Å². The van der Waals surface area contributed by atoms with E-state index in [1.54, 1.807) is 0 Å². The molecule has 0 bridgehead atoms. The Kier molecular flexibility index (Phi) is 13.0. The van der Waals surface area contributed by atoms with Gasteiger partial charge in [0.25, 0.3) is 0 Å². The Labute approximate surface area is 142 Å². The van der Waals surface area contributed by atoms with E-state index in [-0.39, 0.29) is 5.78 Å². The predicted octanol–water partition coefficient (Wildman–Crippen LogP) is 3.22. The molecule has 0 aromatic carbocycles. The van der Waals surface area contributed by atoms with Gasteiger partial charge in [-0.1, -0.05) is 64.7 Å². The van der Waals surface area contributed by atoms with E-state index in [0.29, 0.717) is 18.4 Å². The standard InChI is InChI=1S/C19H37NO3/c1-4-5-12-17(14-18(16(3)21)19(22)23)13-10-8-6-7-9-11-15(2)20/h15,17-18H,4-14,20H2,1-3H3,(H,22,23)/p-1. The van der Waals surface area contributed by atoms with Gasteiger partial charge >= 0.3 is 0 Å². The molecule has 0 aliphatic heterocycles. The number of carboxylic acid groups (broad SMARTS) is 1. The average molecular weight is 327 g/mol. The second-order valence-electron chi connectivity index (χ2n) is 7.05. The zero-order valence-corrected chi connectivity index (χ0v) is 15.3. The quantitative estimate of drug-likeness (QED) is 0.370. The number of rotatable bonds is 15. The van der Waals surface area contributed by atoms with Crippen LogP contribution in [0.4, 0.5) is 0 Å². The molecule has 0 saturated heterocycles. The first-order valence-electron chi connectivity index (χ1n) is 9.35. The molecule has 3 atom stereocenters. The number of aliphatic carboxylic acids is 1. The maximum atomic E-state index is 11.5. The summed E-state index contributed by atoms with van der Waals surface area (Å²) in [4.78, 5) is 22.6. The van der Waals surface area contributed by atoms with Crippen LogP contribution in [0.5, 0.6) is 0 Å². The molecule has 0 radical (unpaired) electrons. The van der Waals surface area contributed by atoms with Crippen molar-refractivity contribution in [3.8, 4) is 0 Å². The fraction of sp³-hybridized carbons (Fsp3) is 0.895. The van der Waals surface area contributed by atoms with Crippen LogP contribution in [0.3, 0.4) is 0 Å². The van der Waals surface area contributed by atoms with Gasteiger partial charge in [-0.25, -0.2) is 0 Å². The number of ketones is 1. The van der Waals surface area contributed by atoms with Gasteiger partial charge in [0.15, 0.2) is 0 Å². The number of hydrogen-bond donors (Lipinski definition) is 1. The lowest BCUT2D eigenvalue weighted by atomic mass is 9.85. The summed E-state index contributed by atoms with van der Waals surface area (Å²) < 4.78 is 0. The summed E-state index contributed by atoms with van der Waals surface area (Å²) in [6.45, 7) is 5.54. The molecule has 4 heteroatoms. The van der Waals surface area contributed by atoms with Crippen molar-refractivity contribution in [3.63, 3.8) is 0 Å². The van der Waals surface area contributed by atoms with E-state index in [9.17, 15) is 14.7 Å². The van der Waals surface area contributed by atoms with Gasteiger partial charge in [0.05, 0.1) is 11.9 Å². The lowest BCUT2D eigenvalue weighted by molar-refractivity contribution is -0.310. The lowest BCUT2D eigenvalue weighted by Gasteiger charge is -2.22. The highest BCUT2D eigenvalue weighted by Crippen LogP contribution is 2.25. The zero-order chi connectivity index (χ0) is 17.7. The summed E-state index contributed by atoms with van der Waals surface area (Å²) >= 11 is 0. The minimum absolute atomic E-state index is 0.276. The van der Waals surface area contributed by atoms with Gasteiger partial charge in [-0.3, -0.25) is 4.79 Å². The largest absolute Gasteiger partial charge is 0.549 e. The van der Waals surface area contributed by atoms with E-state index in [2.05, 4.69) is 6.92 Å². The van der Waals surface area contributed by atoms with Crippen molar-refractivity contribution in [2.45, 2.75) is 97.4 Å². The lowest BCUT2D eigenvalue weighted by Crippen LogP contribution is -2.36. The second-order valence-corrected chi connectivity index (χ2v) is 7.05. The van der Waals surface area contributed by atoms with Crippen molar-refractivity contribution >= 4 is 11.8 Å². The molecule has 4 nitrogen and oxygen atoms in total. The van der Waals surface area contributed by atoms with E-state index in [1.165, 1.54) is 32.6 Å². The Morgan fingerprint density at radius 3 is 1.96 bits per heavy atom. The Bertz CT molecular complexity index is 315. The van der Waals surface area contributed by atoms with Crippen LogP contribution in [0.1, 0.15) is 91.4 Å². The van der Waals surface area contributed by atoms with Crippen LogP contribution in [0.25, 0.3) is 0 Å². The number of hydrogen-bond acceptors (Lipinski definition) is 4. The third kappa shape index (κ3) is 12.2. The third-order valence-corrected chi connectivity index (χ3v) is 4.58. The Balaban J connectivity index is 4.09. The SMILES string of the molecule is CCCCC(CCCCCCCC(C)N)CC(C(C)=O)C(=O)[O-]. The summed E-state index contributed by atoms with van der Waals surface area (Å²) in [5.74, 6) is -2.09. The topological polar surface area (TPSA) is 83.2 Å². The number of carboxylic acids is 1.